The minimum absolute atomic E-state index is 0.211. The minimum Gasteiger partial charge on any atom is -0.494 e. The van der Waals surface area contributed by atoms with Crippen LogP contribution in [-0.2, 0) is 0 Å². The predicted octanol–water partition coefficient (Wildman–Crippen LogP) is 3.04. The number of hydrogen-bond acceptors (Lipinski definition) is 4. The fraction of sp³-hybridized carbons (Fsp3) is 0.0909. The molecule has 0 fully saturated rings. The molecule has 0 bridgehead atoms. The lowest BCUT2D eigenvalue weighted by atomic mass is 10.2. The summed E-state index contributed by atoms with van der Waals surface area (Å²) >= 11 is 7.20. The number of ketones is 1. The highest BCUT2D eigenvalue weighted by Gasteiger charge is 2.19. The van der Waals surface area contributed by atoms with Crippen LogP contribution in [-0.4, -0.2) is 17.9 Å². The first-order chi connectivity index (χ1) is 7.74. The molecule has 0 spiro atoms. The van der Waals surface area contributed by atoms with Gasteiger partial charge in [0.1, 0.15) is 5.75 Å². The number of ether oxygens (including phenoxy) is 1. The summed E-state index contributed by atoms with van der Waals surface area (Å²) < 4.78 is 5.08. The molecular weight excluding hydrogens is 246 g/mol. The number of thiophene rings is 1. The highest BCUT2D eigenvalue weighted by Crippen LogP contribution is 2.27. The Morgan fingerprint density at radius 3 is 2.94 bits per heavy atom. The average molecular weight is 254 g/mol. The number of nitrogens with zero attached hydrogens (tertiary/aromatic N) is 1. The molecule has 0 aromatic carbocycles. The summed E-state index contributed by atoms with van der Waals surface area (Å²) in [6.07, 6.45) is 1.55. The first-order valence-corrected chi connectivity index (χ1v) is 5.76. The number of carbonyl (C=O) groups is 1. The van der Waals surface area contributed by atoms with E-state index in [2.05, 4.69) is 4.98 Å². The predicted molar refractivity (Wildman–Crippen MR) is 63.6 cm³/mol. The molecule has 16 heavy (non-hydrogen) atoms. The molecule has 2 aromatic heterocycles. The molecule has 0 radical (unpaired) electrons. The Hall–Kier alpha value is -1.39. The maximum atomic E-state index is 12.1. The summed E-state index contributed by atoms with van der Waals surface area (Å²) in [5.74, 6) is 0.245. The Balaban J connectivity index is 2.46. The summed E-state index contributed by atoms with van der Waals surface area (Å²) in [4.78, 5) is 16.6. The molecule has 3 nitrogen and oxygen atoms in total. The third-order valence-electron chi connectivity index (χ3n) is 2.03. The van der Waals surface area contributed by atoms with Crippen LogP contribution in [0.1, 0.15) is 15.4 Å². The molecule has 0 unspecified atom stereocenters. The number of hydrogen-bond donors (Lipinski definition) is 0. The van der Waals surface area contributed by atoms with Gasteiger partial charge in [-0.25, -0.2) is 4.98 Å². The maximum Gasteiger partial charge on any atom is 0.226 e. The molecule has 82 valence electrons. The van der Waals surface area contributed by atoms with E-state index in [1.807, 2.05) is 0 Å². The third kappa shape index (κ3) is 1.94. The van der Waals surface area contributed by atoms with Crippen molar-refractivity contribution in [3.63, 3.8) is 0 Å². The molecule has 0 saturated carbocycles. The fourth-order valence-electron chi connectivity index (χ4n) is 1.29. The second kappa shape index (κ2) is 4.63. The van der Waals surface area contributed by atoms with E-state index >= 15 is 0 Å². The fourth-order valence-corrected chi connectivity index (χ4v) is 2.37. The summed E-state index contributed by atoms with van der Waals surface area (Å²) in [6.45, 7) is 0. The van der Waals surface area contributed by atoms with Gasteiger partial charge in [0.2, 0.25) is 5.78 Å². The Morgan fingerprint density at radius 2 is 2.31 bits per heavy atom. The number of methoxy groups -OCH3 is 1. The van der Waals surface area contributed by atoms with Crippen molar-refractivity contribution in [1.29, 1.82) is 0 Å². The molecule has 0 saturated heterocycles. The maximum absolute atomic E-state index is 12.1. The van der Waals surface area contributed by atoms with E-state index in [0.717, 1.165) is 0 Å². The van der Waals surface area contributed by atoms with Crippen LogP contribution in [0.25, 0.3) is 0 Å². The van der Waals surface area contributed by atoms with E-state index in [-0.39, 0.29) is 11.5 Å². The third-order valence-corrected chi connectivity index (χ3v) is 3.37. The molecule has 2 rings (SSSR count). The molecule has 0 amide bonds. The standard InChI is InChI=1S/C11H8ClNO2S/c1-15-8-3-2-5-13-9(8)10(14)11-7(12)4-6-16-11/h2-6H,1H3. The Morgan fingerprint density at radius 1 is 1.50 bits per heavy atom. The van der Waals surface area contributed by atoms with Crippen LogP contribution >= 0.6 is 22.9 Å². The molecule has 0 aliphatic carbocycles. The van der Waals surface area contributed by atoms with E-state index in [9.17, 15) is 4.79 Å². The lowest BCUT2D eigenvalue weighted by molar-refractivity contribution is 0.103. The normalized spacial score (nSPS) is 10.1. The van der Waals surface area contributed by atoms with Gasteiger partial charge >= 0.3 is 0 Å². The Bertz CT molecular complexity index is 524. The SMILES string of the molecule is COc1cccnc1C(=O)c1sccc1Cl. The first-order valence-electron chi connectivity index (χ1n) is 4.50. The second-order valence-corrected chi connectivity index (χ2v) is 4.30. The van der Waals surface area contributed by atoms with Crippen molar-refractivity contribution in [3.05, 3.63) is 45.4 Å². The summed E-state index contributed by atoms with van der Waals surface area (Å²) in [5.41, 5.74) is 0.286. The van der Waals surface area contributed by atoms with Crippen molar-refractivity contribution in [2.75, 3.05) is 7.11 Å². The van der Waals surface area contributed by atoms with Crippen LogP contribution in [0.3, 0.4) is 0 Å². The summed E-state index contributed by atoms with van der Waals surface area (Å²) in [5, 5.41) is 2.22. The van der Waals surface area contributed by atoms with Gasteiger partial charge < -0.3 is 4.74 Å². The molecule has 0 N–H and O–H groups in total. The monoisotopic (exact) mass is 253 g/mol. The van der Waals surface area contributed by atoms with Gasteiger partial charge in [-0.3, -0.25) is 4.79 Å². The lowest BCUT2D eigenvalue weighted by Crippen LogP contribution is -2.05. The van der Waals surface area contributed by atoms with Crippen molar-refractivity contribution in [2.24, 2.45) is 0 Å². The van der Waals surface area contributed by atoms with Crippen LogP contribution in [0, 0.1) is 0 Å². The van der Waals surface area contributed by atoms with E-state index in [4.69, 9.17) is 16.3 Å². The largest absolute Gasteiger partial charge is 0.494 e. The van der Waals surface area contributed by atoms with E-state index in [1.165, 1.54) is 18.4 Å². The minimum atomic E-state index is -0.211. The number of pyridine rings is 1. The topological polar surface area (TPSA) is 39.2 Å². The van der Waals surface area contributed by atoms with Crippen molar-refractivity contribution >= 4 is 28.7 Å². The smallest absolute Gasteiger partial charge is 0.226 e. The van der Waals surface area contributed by atoms with E-state index < -0.39 is 0 Å². The Kier molecular flexibility index (Phi) is 3.22. The van der Waals surface area contributed by atoms with Crippen molar-refractivity contribution in [1.82, 2.24) is 4.98 Å². The van der Waals surface area contributed by atoms with Gasteiger partial charge in [0.25, 0.3) is 0 Å². The van der Waals surface area contributed by atoms with Crippen molar-refractivity contribution < 1.29 is 9.53 Å². The average Bonchev–Trinajstić information content (AvgIpc) is 2.74. The van der Waals surface area contributed by atoms with E-state index in [1.54, 1.807) is 29.8 Å². The quantitative estimate of drug-likeness (QED) is 0.790. The molecule has 5 heteroatoms. The van der Waals surface area contributed by atoms with Crippen LogP contribution < -0.4 is 4.74 Å². The van der Waals surface area contributed by atoms with Crippen molar-refractivity contribution in [3.8, 4) is 5.75 Å². The van der Waals surface area contributed by atoms with Crippen LogP contribution in [0.4, 0.5) is 0 Å². The number of rotatable bonds is 3. The Labute approximate surface area is 102 Å². The summed E-state index contributed by atoms with van der Waals surface area (Å²) in [7, 11) is 1.50. The van der Waals surface area contributed by atoms with Crippen molar-refractivity contribution in [2.45, 2.75) is 0 Å². The van der Waals surface area contributed by atoms with Gasteiger partial charge in [0, 0.05) is 6.20 Å². The highest BCUT2D eigenvalue weighted by molar-refractivity contribution is 7.13. The van der Waals surface area contributed by atoms with Crippen LogP contribution in [0.2, 0.25) is 5.02 Å². The van der Waals surface area contributed by atoms with Gasteiger partial charge in [-0.2, -0.15) is 0 Å². The number of carbonyl (C=O) groups excluding carboxylic acids is 1. The van der Waals surface area contributed by atoms with E-state index in [0.29, 0.717) is 15.6 Å². The molecule has 0 aliphatic heterocycles. The highest BCUT2D eigenvalue weighted by atomic mass is 35.5. The number of aromatic nitrogens is 1. The lowest BCUT2D eigenvalue weighted by Gasteiger charge is -2.04. The first kappa shape index (κ1) is 11.1. The molecule has 0 atom stereocenters. The van der Waals surface area contributed by atoms with Gasteiger partial charge in [0.05, 0.1) is 17.0 Å². The van der Waals surface area contributed by atoms with Gasteiger partial charge in [0.15, 0.2) is 5.69 Å². The zero-order valence-corrected chi connectivity index (χ0v) is 10.0. The molecule has 2 heterocycles. The molecule has 0 aliphatic rings. The number of halogens is 1. The zero-order chi connectivity index (χ0) is 11.5. The zero-order valence-electron chi connectivity index (χ0n) is 8.44. The summed E-state index contributed by atoms with van der Waals surface area (Å²) in [6, 6.07) is 5.10. The van der Waals surface area contributed by atoms with Gasteiger partial charge in [-0.1, -0.05) is 11.6 Å². The van der Waals surface area contributed by atoms with Gasteiger partial charge in [-0.15, -0.1) is 11.3 Å². The van der Waals surface area contributed by atoms with Crippen LogP contribution in [0.15, 0.2) is 29.8 Å². The molecule has 2 aromatic rings. The molecular formula is C11H8ClNO2S. The van der Waals surface area contributed by atoms with Gasteiger partial charge in [-0.05, 0) is 23.6 Å². The van der Waals surface area contributed by atoms with Crippen LogP contribution in [0.5, 0.6) is 5.75 Å². The second-order valence-electron chi connectivity index (χ2n) is 2.98.